The fraction of sp³-hybridized carbons (Fsp3) is 0.176. The van der Waals surface area contributed by atoms with E-state index in [-0.39, 0.29) is 11.6 Å². The van der Waals surface area contributed by atoms with Gasteiger partial charge >= 0.3 is 0 Å². The number of hydrogen-bond donors (Lipinski definition) is 1. The number of aliphatic hydroxyl groups excluding tert-OH is 1. The molecule has 0 saturated carbocycles. The molecule has 1 atom stereocenters. The van der Waals surface area contributed by atoms with E-state index in [2.05, 4.69) is 0 Å². The maximum Gasteiger partial charge on any atom is 0.196 e. The standard InChI is InChI=1S/C17H16O3/c1-11-10-14(12(2)18)8-9-15(11)17(20)16(19)13-6-4-3-5-7-13/h3-10,16,19H,1-2H3. The van der Waals surface area contributed by atoms with Gasteiger partial charge in [-0.2, -0.15) is 0 Å². The van der Waals surface area contributed by atoms with Crippen LogP contribution in [0.3, 0.4) is 0 Å². The molecule has 3 nitrogen and oxygen atoms in total. The molecule has 1 N–H and O–H groups in total. The summed E-state index contributed by atoms with van der Waals surface area (Å²) in [4.78, 5) is 23.6. The van der Waals surface area contributed by atoms with Crippen molar-refractivity contribution in [3.63, 3.8) is 0 Å². The number of aliphatic hydroxyl groups is 1. The van der Waals surface area contributed by atoms with Crippen LogP contribution in [0.25, 0.3) is 0 Å². The van der Waals surface area contributed by atoms with Crippen molar-refractivity contribution in [3.05, 3.63) is 70.8 Å². The summed E-state index contributed by atoms with van der Waals surface area (Å²) in [7, 11) is 0. The minimum atomic E-state index is -1.18. The van der Waals surface area contributed by atoms with Gasteiger partial charge in [-0.05, 0) is 31.0 Å². The number of carbonyl (C=O) groups is 2. The Morgan fingerprint density at radius 3 is 2.25 bits per heavy atom. The smallest absolute Gasteiger partial charge is 0.196 e. The summed E-state index contributed by atoms with van der Waals surface area (Å²) in [5, 5.41) is 10.1. The van der Waals surface area contributed by atoms with Gasteiger partial charge in [0.15, 0.2) is 11.6 Å². The van der Waals surface area contributed by atoms with E-state index in [1.807, 2.05) is 6.07 Å². The third kappa shape index (κ3) is 2.83. The highest BCUT2D eigenvalue weighted by Gasteiger charge is 2.20. The van der Waals surface area contributed by atoms with Crippen molar-refractivity contribution in [1.82, 2.24) is 0 Å². The lowest BCUT2D eigenvalue weighted by Crippen LogP contribution is -2.14. The van der Waals surface area contributed by atoms with Gasteiger partial charge in [-0.15, -0.1) is 0 Å². The van der Waals surface area contributed by atoms with E-state index < -0.39 is 6.10 Å². The summed E-state index contributed by atoms with van der Waals surface area (Å²) >= 11 is 0. The number of carbonyl (C=O) groups excluding carboxylic acids is 2. The molecular weight excluding hydrogens is 252 g/mol. The molecule has 0 aliphatic carbocycles. The Labute approximate surface area is 117 Å². The average Bonchev–Trinajstić information content (AvgIpc) is 2.46. The number of hydrogen-bond acceptors (Lipinski definition) is 3. The Morgan fingerprint density at radius 1 is 1.05 bits per heavy atom. The molecule has 0 heterocycles. The van der Waals surface area contributed by atoms with Gasteiger partial charge in [0.1, 0.15) is 6.10 Å². The number of rotatable bonds is 4. The van der Waals surface area contributed by atoms with Crippen LogP contribution in [-0.2, 0) is 0 Å². The largest absolute Gasteiger partial charge is 0.380 e. The van der Waals surface area contributed by atoms with Crippen LogP contribution >= 0.6 is 0 Å². The second-order valence-corrected chi connectivity index (χ2v) is 4.76. The topological polar surface area (TPSA) is 54.4 Å². The molecule has 102 valence electrons. The fourth-order valence-electron chi connectivity index (χ4n) is 2.09. The predicted molar refractivity (Wildman–Crippen MR) is 76.9 cm³/mol. The van der Waals surface area contributed by atoms with Crippen LogP contribution in [0.15, 0.2) is 48.5 Å². The first-order chi connectivity index (χ1) is 9.50. The highest BCUT2D eigenvalue weighted by Crippen LogP contribution is 2.21. The van der Waals surface area contributed by atoms with E-state index in [1.54, 1.807) is 49.4 Å². The zero-order chi connectivity index (χ0) is 14.7. The molecule has 20 heavy (non-hydrogen) atoms. The molecule has 2 aromatic carbocycles. The summed E-state index contributed by atoms with van der Waals surface area (Å²) in [6.07, 6.45) is -1.18. The first-order valence-electron chi connectivity index (χ1n) is 6.39. The molecule has 0 radical (unpaired) electrons. The molecule has 0 aliphatic heterocycles. The monoisotopic (exact) mass is 268 g/mol. The second kappa shape index (κ2) is 5.80. The van der Waals surface area contributed by atoms with Crippen molar-refractivity contribution in [1.29, 1.82) is 0 Å². The van der Waals surface area contributed by atoms with Gasteiger partial charge in [-0.25, -0.2) is 0 Å². The zero-order valence-corrected chi connectivity index (χ0v) is 11.5. The second-order valence-electron chi connectivity index (χ2n) is 4.76. The van der Waals surface area contributed by atoms with Crippen molar-refractivity contribution >= 4 is 11.6 Å². The van der Waals surface area contributed by atoms with Crippen molar-refractivity contribution in [2.45, 2.75) is 20.0 Å². The minimum Gasteiger partial charge on any atom is -0.380 e. The van der Waals surface area contributed by atoms with Crippen LogP contribution in [0.4, 0.5) is 0 Å². The van der Waals surface area contributed by atoms with Gasteiger partial charge in [-0.1, -0.05) is 42.5 Å². The van der Waals surface area contributed by atoms with E-state index >= 15 is 0 Å². The average molecular weight is 268 g/mol. The Hall–Kier alpha value is -2.26. The predicted octanol–water partition coefficient (Wildman–Crippen LogP) is 3.11. The summed E-state index contributed by atoms with van der Waals surface area (Å²) in [5.74, 6) is -0.403. The lowest BCUT2D eigenvalue weighted by Gasteiger charge is -2.12. The molecule has 0 fully saturated rings. The van der Waals surface area contributed by atoms with Crippen molar-refractivity contribution in [2.24, 2.45) is 0 Å². The van der Waals surface area contributed by atoms with Crippen LogP contribution < -0.4 is 0 Å². The number of Topliss-reactive ketones (excluding diaryl/α,β-unsaturated/α-hetero) is 2. The van der Waals surface area contributed by atoms with Crippen molar-refractivity contribution < 1.29 is 14.7 Å². The molecule has 0 amide bonds. The Balaban J connectivity index is 2.32. The maximum absolute atomic E-state index is 12.3. The Morgan fingerprint density at radius 2 is 1.70 bits per heavy atom. The zero-order valence-electron chi connectivity index (χ0n) is 11.5. The molecule has 0 bridgehead atoms. The molecule has 0 aliphatic rings. The molecular formula is C17H16O3. The first-order valence-corrected chi connectivity index (χ1v) is 6.39. The van der Waals surface area contributed by atoms with Crippen LogP contribution in [-0.4, -0.2) is 16.7 Å². The normalized spacial score (nSPS) is 11.9. The van der Waals surface area contributed by atoms with Crippen molar-refractivity contribution in [3.8, 4) is 0 Å². The highest BCUT2D eigenvalue weighted by molar-refractivity contribution is 6.02. The Bertz CT molecular complexity index is 645. The van der Waals surface area contributed by atoms with Crippen LogP contribution in [0.1, 0.15) is 44.9 Å². The van der Waals surface area contributed by atoms with E-state index in [0.717, 1.165) is 0 Å². The molecule has 2 aromatic rings. The molecule has 1 unspecified atom stereocenters. The van der Waals surface area contributed by atoms with Gasteiger partial charge in [0, 0.05) is 11.1 Å². The third-order valence-corrected chi connectivity index (χ3v) is 3.26. The van der Waals surface area contributed by atoms with Gasteiger partial charge in [0.2, 0.25) is 0 Å². The van der Waals surface area contributed by atoms with E-state index in [9.17, 15) is 14.7 Å². The third-order valence-electron chi connectivity index (χ3n) is 3.26. The molecule has 2 rings (SSSR count). The molecule has 0 saturated heterocycles. The Kier molecular flexibility index (Phi) is 4.11. The van der Waals surface area contributed by atoms with Crippen LogP contribution in [0.2, 0.25) is 0 Å². The van der Waals surface area contributed by atoms with E-state index in [0.29, 0.717) is 22.3 Å². The highest BCUT2D eigenvalue weighted by atomic mass is 16.3. The van der Waals surface area contributed by atoms with Crippen LogP contribution in [0, 0.1) is 6.92 Å². The molecule has 3 heteroatoms. The SMILES string of the molecule is CC(=O)c1ccc(C(=O)C(O)c2ccccc2)c(C)c1. The van der Waals surface area contributed by atoms with Gasteiger partial charge in [-0.3, -0.25) is 9.59 Å². The van der Waals surface area contributed by atoms with Crippen LogP contribution in [0.5, 0.6) is 0 Å². The lowest BCUT2D eigenvalue weighted by molar-refractivity contribution is 0.0746. The summed E-state index contributed by atoms with van der Waals surface area (Å²) in [6, 6.07) is 13.7. The number of ketones is 2. The fourth-order valence-corrected chi connectivity index (χ4v) is 2.09. The van der Waals surface area contributed by atoms with E-state index in [1.165, 1.54) is 6.92 Å². The minimum absolute atomic E-state index is 0.0456. The first kappa shape index (κ1) is 14.2. The van der Waals surface area contributed by atoms with E-state index in [4.69, 9.17) is 0 Å². The van der Waals surface area contributed by atoms with Crippen molar-refractivity contribution in [2.75, 3.05) is 0 Å². The summed E-state index contributed by atoms with van der Waals surface area (Å²) in [5.41, 5.74) is 2.25. The van der Waals surface area contributed by atoms with Gasteiger partial charge < -0.3 is 5.11 Å². The lowest BCUT2D eigenvalue weighted by atomic mass is 9.95. The summed E-state index contributed by atoms with van der Waals surface area (Å²) in [6.45, 7) is 3.24. The number of benzene rings is 2. The maximum atomic E-state index is 12.3. The van der Waals surface area contributed by atoms with Gasteiger partial charge in [0.25, 0.3) is 0 Å². The number of aryl methyl sites for hydroxylation is 1. The molecule has 0 spiro atoms. The van der Waals surface area contributed by atoms with Gasteiger partial charge in [0.05, 0.1) is 0 Å². The molecule has 0 aromatic heterocycles. The quantitative estimate of drug-likeness (QED) is 0.867. The summed E-state index contributed by atoms with van der Waals surface area (Å²) < 4.78 is 0.